The number of nitrogens with one attached hydrogen (secondary N) is 1. The van der Waals surface area contributed by atoms with E-state index in [0.29, 0.717) is 11.4 Å². The van der Waals surface area contributed by atoms with Crippen LogP contribution < -0.4 is 10.1 Å². The minimum absolute atomic E-state index is 0.420. The van der Waals surface area contributed by atoms with Crippen LogP contribution in [-0.2, 0) is 14.3 Å². The van der Waals surface area contributed by atoms with E-state index in [1.165, 1.54) is 31.4 Å². The highest BCUT2D eigenvalue weighted by Gasteiger charge is 2.18. The van der Waals surface area contributed by atoms with E-state index in [1.54, 1.807) is 18.2 Å². The van der Waals surface area contributed by atoms with Gasteiger partial charge >= 0.3 is 5.97 Å². The Bertz CT molecular complexity index is 737. The fourth-order valence-electron chi connectivity index (χ4n) is 1.96. The molecule has 5 nitrogen and oxygen atoms in total. The SMILES string of the molecule is COc1ccc(C)cc1NC(=O)[C@H](C)OC(=O)/C=C/c1cccs1. The summed E-state index contributed by atoms with van der Waals surface area (Å²) in [7, 11) is 1.53. The molecular weight excluding hydrogens is 326 g/mol. The predicted octanol–water partition coefficient (Wildman–Crippen LogP) is 3.65. The molecule has 24 heavy (non-hydrogen) atoms. The number of hydrogen-bond acceptors (Lipinski definition) is 5. The van der Waals surface area contributed by atoms with Crippen molar-refractivity contribution >= 4 is 35.0 Å². The van der Waals surface area contributed by atoms with E-state index in [9.17, 15) is 9.59 Å². The van der Waals surface area contributed by atoms with Crippen LogP contribution in [-0.4, -0.2) is 25.1 Å². The van der Waals surface area contributed by atoms with Crippen LogP contribution >= 0.6 is 11.3 Å². The quantitative estimate of drug-likeness (QED) is 0.641. The predicted molar refractivity (Wildman–Crippen MR) is 95.3 cm³/mol. The van der Waals surface area contributed by atoms with Gasteiger partial charge in [0.1, 0.15) is 5.75 Å². The summed E-state index contributed by atoms with van der Waals surface area (Å²) in [6.45, 7) is 3.43. The lowest BCUT2D eigenvalue weighted by molar-refractivity contribution is -0.148. The van der Waals surface area contributed by atoms with Gasteiger partial charge in [-0.2, -0.15) is 0 Å². The molecule has 6 heteroatoms. The van der Waals surface area contributed by atoms with Gasteiger partial charge in [-0.15, -0.1) is 11.3 Å². The zero-order valence-corrected chi connectivity index (χ0v) is 14.6. The highest BCUT2D eigenvalue weighted by molar-refractivity contribution is 7.10. The summed E-state index contributed by atoms with van der Waals surface area (Å²) < 4.78 is 10.3. The van der Waals surface area contributed by atoms with E-state index >= 15 is 0 Å². The molecule has 0 aliphatic carbocycles. The maximum absolute atomic E-state index is 12.2. The molecule has 2 aromatic rings. The van der Waals surface area contributed by atoms with Gasteiger partial charge in [0.25, 0.3) is 5.91 Å². The van der Waals surface area contributed by atoms with Crippen LogP contribution in [0.3, 0.4) is 0 Å². The summed E-state index contributed by atoms with van der Waals surface area (Å²) in [5.41, 5.74) is 1.52. The number of carbonyl (C=O) groups excluding carboxylic acids is 2. The minimum Gasteiger partial charge on any atom is -0.495 e. The van der Waals surface area contributed by atoms with Gasteiger partial charge in [0.2, 0.25) is 0 Å². The Morgan fingerprint density at radius 2 is 2.08 bits per heavy atom. The van der Waals surface area contributed by atoms with Crippen LogP contribution in [0.2, 0.25) is 0 Å². The molecule has 1 atom stereocenters. The molecule has 1 amide bonds. The van der Waals surface area contributed by atoms with Crippen molar-refractivity contribution in [3.05, 3.63) is 52.2 Å². The maximum Gasteiger partial charge on any atom is 0.331 e. The van der Waals surface area contributed by atoms with Gasteiger partial charge in [0.05, 0.1) is 12.8 Å². The van der Waals surface area contributed by atoms with Crippen LogP contribution in [0.4, 0.5) is 5.69 Å². The number of anilines is 1. The molecule has 1 heterocycles. The Morgan fingerprint density at radius 3 is 2.75 bits per heavy atom. The molecule has 1 aromatic carbocycles. The molecular formula is C18H19NO4S. The second kappa shape index (κ2) is 8.31. The standard InChI is InChI=1S/C18H19NO4S/c1-12-6-8-16(22-3)15(11-12)19-18(21)13(2)23-17(20)9-7-14-5-4-10-24-14/h4-11,13H,1-3H3,(H,19,21)/b9-7+/t13-/m0/s1. The molecule has 0 radical (unpaired) electrons. The van der Waals surface area contributed by atoms with Crippen LogP contribution in [0.15, 0.2) is 41.8 Å². The fraction of sp³-hybridized carbons (Fsp3) is 0.222. The smallest absolute Gasteiger partial charge is 0.331 e. The van der Waals surface area contributed by atoms with Crippen LogP contribution in [0.25, 0.3) is 6.08 Å². The number of thiophene rings is 1. The van der Waals surface area contributed by atoms with E-state index in [0.717, 1.165) is 10.4 Å². The molecule has 1 N–H and O–H groups in total. The number of esters is 1. The summed E-state index contributed by atoms with van der Waals surface area (Å²) in [5, 5.41) is 4.63. The summed E-state index contributed by atoms with van der Waals surface area (Å²) in [4.78, 5) is 24.9. The zero-order chi connectivity index (χ0) is 17.5. The molecule has 0 saturated carbocycles. The largest absolute Gasteiger partial charge is 0.495 e. The van der Waals surface area contributed by atoms with Gasteiger partial charge < -0.3 is 14.8 Å². The Hall–Kier alpha value is -2.60. The van der Waals surface area contributed by atoms with Gasteiger partial charge in [-0.3, -0.25) is 4.79 Å². The molecule has 0 saturated heterocycles. The average Bonchev–Trinajstić information content (AvgIpc) is 3.06. The van der Waals surface area contributed by atoms with Gasteiger partial charge in [-0.05, 0) is 49.1 Å². The highest BCUT2D eigenvalue weighted by Crippen LogP contribution is 2.25. The molecule has 0 fully saturated rings. The normalized spacial score (nSPS) is 12.0. The lowest BCUT2D eigenvalue weighted by Gasteiger charge is -2.15. The van der Waals surface area contributed by atoms with Gasteiger partial charge in [-0.1, -0.05) is 12.1 Å². The van der Waals surface area contributed by atoms with Crippen molar-refractivity contribution in [3.63, 3.8) is 0 Å². The number of aryl methyl sites for hydroxylation is 1. The number of amides is 1. The van der Waals surface area contributed by atoms with E-state index < -0.39 is 18.0 Å². The molecule has 0 aliphatic rings. The number of methoxy groups -OCH3 is 1. The Balaban J connectivity index is 1.94. The molecule has 1 aromatic heterocycles. The first-order chi connectivity index (χ1) is 11.5. The van der Waals surface area contributed by atoms with Gasteiger partial charge in [-0.25, -0.2) is 4.79 Å². The van der Waals surface area contributed by atoms with Crippen molar-refractivity contribution in [3.8, 4) is 5.75 Å². The Morgan fingerprint density at radius 1 is 1.29 bits per heavy atom. The zero-order valence-electron chi connectivity index (χ0n) is 13.7. The first kappa shape index (κ1) is 17.7. The topological polar surface area (TPSA) is 64.6 Å². The fourth-order valence-corrected chi connectivity index (χ4v) is 2.58. The second-order valence-corrected chi connectivity index (χ2v) is 6.10. The monoisotopic (exact) mass is 345 g/mol. The first-order valence-electron chi connectivity index (χ1n) is 7.37. The summed E-state index contributed by atoms with van der Waals surface area (Å²) >= 11 is 1.51. The van der Waals surface area contributed by atoms with Crippen molar-refractivity contribution < 1.29 is 19.1 Å². The van der Waals surface area contributed by atoms with Gasteiger partial charge in [0.15, 0.2) is 6.10 Å². The molecule has 0 spiro atoms. The van der Waals surface area contributed by atoms with Crippen molar-refractivity contribution in [2.45, 2.75) is 20.0 Å². The third-order valence-electron chi connectivity index (χ3n) is 3.20. The molecule has 2 rings (SSSR count). The van der Waals surface area contributed by atoms with Crippen LogP contribution in [0, 0.1) is 6.92 Å². The minimum atomic E-state index is -0.921. The lowest BCUT2D eigenvalue weighted by Crippen LogP contribution is -2.29. The van der Waals surface area contributed by atoms with Crippen molar-refractivity contribution in [2.24, 2.45) is 0 Å². The number of benzene rings is 1. The first-order valence-corrected chi connectivity index (χ1v) is 8.25. The number of ether oxygens (including phenoxy) is 2. The summed E-state index contributed by atoms with van der Waals surface area (Å²) in [5.74, 6) is -0.441. The second-order valence-electron chi connectivity index (χ2n) is 5.12. The third-order valence-corrected chi connectivity index (χ3v) is 4.04. The summed E-state index contributed by atoms with van der Waals surface area (Å²) in [6.07, 6.45) is 2.04. The third kappa shape index (κ3) is 4.96. The molecule has 0 aliphatic heterocycles. The number of rotatable bonds is 6. The number of hydrogen-bond donors (Lipinski definition) is 1. The summed E-state index contributed by atoms with van der Waals surface area (Å²) in [6, 6.07) is 9.22. The van der Waals surface area contributed by atoms with Crippen molar-refractivity contribution in [1.29, 1.82) is 0 Å². The highest BCUT2D eigenvalue weighted by atomic mass is 32.1. The van der Waals surface area contributed by atoms with E-state index in [-0.39, 0.29) is 0 Å². The molecule has 0 bridgehead atoms. The number of carbonyl (C=O) groups is 2. The van der Waals surface area contributed by atoms with Crippen LogP contribution in [0.1, 0.15) is 17.4 Å². The van der Waals surface area contributed by atoms with E-state index in [4.69, 9.17) is 9.47 Å². The van der Waals surface area contributed by atoms with Gasteiger partial charge in [0, 0.05) is 11.0 Å². The molecule has 126 valence electrons. The molecule has 0 unspecified atom stereocenters. The van der Waals surface area contributed by atoms with Crippen molar-refractivity contribution in [1.82, 2.24) is 0 Å². The van der Waals surface area contributed by atoms with E-state index in [1.807, 2.05) is 30.5 Å². The Labute approximate surface area is 144 Å². The lowest BCUT2D eigenvalue weighted by atomic mass is 10.2. The maximum atomic E-state index is 12.2. The van der Waals surface area contributed by atoms with E-state index in [2.05, 4.69) is 5.32 Å². The Kier molecular flexibility index (Phi) is 6.14. The average molecular weight is 345 g/mol. The van der Waals surface area contributed by atoms with Crippen molar-refractivity contribution in [2.75, 3.05) is 12.4 Å². The van der Waals surface area contributed by atoms with Crippen LogP contribution in [0.5, 0.6) is 5.75 Å².